The minimum Gasteiger partial charge on any atom is -0.375 e. The largest absolute Gasteiger partial charge is 0.375 e. The average Bonchev–Trinajstić information content (AvgIpc) is 2.84. The molecule has 19 heavy (non-hydrogen) atoms. The minimum atomic E-state index is 0.164. The van der Waals surface area contributed by atoms with Crippen LogP contribution in [0.4, 0.5) is 0 Å². The first-order chi connectivity index (χ1) is 9.24. The highest BCUT2D eigenvalue weighted by Gasteiger charge is 2.39. The zero-order valence-corrected chi connectivity index (χ0v) is 12.2. The molecule has 1 saturated heterocycles. The normalized spacial score (nSPS) is 25.6. The summed E-state index contributed by atoms with van der Waals surface area (Å²) in [6, 6.07) is 0.533. The van der Waals surface area contributed by atoms with Crippen LogP contribution in [0.3, 0.4) is 0 Å². The molecule has 0 bridgehead atoms. The van der Waals surface area contributed by atoms with Crippen molar-refractivity contribution in [2.24, 2.45) is 0 Å². The Morgan fingerprint density at radius 1 is 1.32 bits per heavy atom. The lowest BCUT2D eigenvalue weighted by Gasteiger charge is -2.38. The van der Waals surface area contributed by atoms with Crippen LogP contribution in [-0.2, 0) is 9.53 Å². The first-order valence-electron chi connectivity index (χ1n) is 7.88. The van der Waals surface area contributed by atoms with Crippen molar-refractivity contribution in [1.29, 1.82) is 0 Å². The Morgan fingerprint density at radius 2 is 2.11 bits per heavy atom. The number of hydrogen-bond donors (Lipinski definition) is 2. The molecular formula is C15H28N2O2. The van der Waals surface area contributed by atoms with Crippen LogP contribution in [0.2, 0.25) is 0 Å². The van der Waals surface area contributed by atoms with E-state index in [1.165, 1.54) is 25.7 Å². The lowest BCUT2D eigenvalue weighted by atomic mass is 9.89. The van der Waals surface area contributed by atoms with Gasteiger partial charge in [-0.2, -0.15) is 0 Å². The summed E-state index contributed by atoms with van der Waals surface area (Å²) in [5, 5.41) is 6.45. The van der Waals surface area contributed by atoms with Gasteiger partial charge in [0.2, 0.25) is 5.91 Å². The maximum absolute atomic E-state index is 11.5. The van der Waals surface area contributed by atoms with Gasteiger partial charge in [-0.15, -0.1) is 0 Å². The Morgan fingerprint density at radius 3 is 2.84 bits per heavy atom. The van der Waals surface area contributed by atoms with Gasteiger partial charge in [-0.3, -0.25) is 4.79 Å². The van der Waals surface area contributed by atoms with E-state index in [1.54, 1.807) is 0 Å². The molecule has 0 aromatic carbocycles. The summed E-state index contributed by atoms with van der Waals surface area (Å²) < 4.78 is 6.02. The Labute approximate surface area is 116 Å². The smallest absolute Gasteiger partial charge is 0.221 e. The van der Waals surface area contributed by atoms with E-state index in [1.807, 2.05) is 0 Å². The molecule has 1 atom stereocenters. The van der Waals surface area contributed by atoms with Crippen LogP contribution >= 0.6 is 0 Å². The molecule has 1 aliphatic carbocycles. The fourth-order valence-corrected chi connectivity index (χ4v) is 3.31. The quantitative estimate of drug-likeness (QED) is 0.774. The summed E-state index contributed by atoms with van der Waals surface area (Å²) in [5.74, 6) is 0.164. The van der Waals surface area contributed by atoms with Crippen molar-refractivity contribution in [3.63, 3.8) is 0 Å². The molecule has 2 N–H and O–H groups in total. The molecule has 1 aliphatic heterocycles. The SMILES string of the molecule is CCCNC(=O)CCNC1CCOC2(CCCC2)C1. The van der Waals surface area contributed by atoms with Gasteiger partial charge in [0, 0.05) is 32.2 Å². The van der Waals surface area contributed by atoms with Gasteiger partial charge >= 0.3 is 0 Å². The van der Waals surface area contributed by atoms with E-state index in [-0.39, 0.29) is 11.5 Å². The molecule has 110 valence electrons. The fourth-order valence-electron chi connectivity index (χ4n) is 3.31. The van der Waals surface area contributed by atoms with Crippen LogP contribution in [0.15, 0.2) is 0 Å². The van der Waals surface area contributed by atoms with E-state index in [9.17, 15) is 4.79 Å². The van der Waals surface area contributed by atoms with Crippen LogP contribution < -0.4 is 10.6 Å². The molecule has 2 aliphatic rings. The number of amides is 1. The van der Waals surface area contributed by atoms with E-state index in [4.69, 9.17) is 4.74 Å². The maximum Gasteiger partial charge on any atom is 0.221 e. The van der Waals surface area contributed by atoms with Crippen molar-refractivity contribution in [3.05, 3.63) is 0 Å². The Bertz CT molecular complexity index is 288. The Hall–Kier alpha value is -0.610. The molecule has 4 nitrogen and oxygen atoms in total. The van der Waals surface area contributed by atoms with Crippen molar-refractivity contribution < 1.29 is 9.53 Å². The summed E-state index contributed by atoms with van der Waals surface area (Å²) in [6.45, 7) is 4.52. The number of rotatable bonds is 6. The second-order valence-electron chi connectivity index (χ2n) is 5.98. The summed E-state index contributed by atoms with van der Waals surface area (Å²) >= 11 is 0. The monoisotopic (exact) mass is 268 g/mol. The summed E-state index contributed by atoms with van der Waals surface area (Å²) in [4.78, 5) is 11.5. The number of nitrogens with one attached hydrogen (secondary N) is 2. The lowest BCUT2D eigenvalue weighted by molar-refractivity contribution is -0.121. The summed E-state index contributed by atoms with van der Waals surface area (Å²) in [7, 11) is 0. The van der Waals surface area contributed by atoms with Crippen LogP contribution in [0, 0.1) is 0 Å². The van der Waals surface area contributed by atoms with E-state index in [2.05, 4.69) is 17.6 Å². The van der Waals surface area contributed by atoms with Gasteiger partial charge in [0.1, 0.15) is 0 Å². The second-order valence-corrected chi connectivity index (χ2v) is 5.98. The van der Waals surface area contributed by atoms with Gasteiger partial charge in [-0.05, 0) is 32.1 Å². The predicted molar refractivity (Wildman–Crippen MR) is 76.1 cm³/mol. The maximum atomic E-state index is 11.5. The number of ether oxygens (including phenoxy) is 1. The topological polar surface area (TPSA) is 50.4 Å². The van der Waals surface area contributed by atoms with E-state index < -0.39 is 0 Å². The van der Waals surface area contributed by atoms with Crippen LogP contribution in [0.25, 0.3) is 0 Å². The van der Waals surface area contributed by atoms with Gasteiger partial charge in [0.25, 0.3) is 0 Å². The standard InChI is InChI=1S/C15H28N2O2/c1-2-9-17-14(18)5-10-16-13-6-11-19-15(12-13)7-3-4-8-15/h13,16H,2-12H2,1H3,(H,17,18). The number of hydrogen-bond acceptors (Lipinski definition) is 3. The van der Waals surface area contributed by atoms with E-state index in [0.29, 0.717) is 12.5 Å². The molecule has 4 heteroatoms. The summed E-state index contributed by atoms with van der Waals surface area (Å²) in [6.07, 6.45) is 8.87. The van der Waals surface area contributed by atoms with Crippen molar-refractivity contribution >= 4 is 5.91 Å². The lowest BCUT2D eigenvalue weighted by Crippen LogP contribution is -2.46. The Balaban J connectivity index is 1.64. The van der Waals surface area contributed by atoms with Crippen LogP contribution in [-0.4, -0.2) is 37.2 Å². The molecule has 0 aromatic heterocycles. The first-order valence-corrected chi connectivity index (χ1v) is 7.88. The van der Waals surface area contributed by atoms with Crippen LogP contribution in [0.5, 0.6) is 0 Å². The van der Waals surface area contributed by atoms with Gasteiger partial charge in [-0.25, -0.2) is 0 Å². The summed E-state index contributed by atoms with van der Waals surface area (Å²) in [5.41, 5.74) is 0.167. The highest BCUT2D eigenvalue weighted by Crippen LogP contribution is 2.39. The van der Waals surface area contributed by atoms with Crippen molar-refractivity contribution in [2.45, 2.75) is 69.9 Å². The zero-order valence-electron chi connectivity index (χ0n) is 12.2. The van der Waals surface area contributed by atoms with Gasteiger partial charge < -0.3 is 15.4 Å². The Kier molecular flexibility index (Phi) is 5.64. The first kappa shape index (κ1) is 14.8. The molecule has 1 spiro atoms. The highest BCUT2D eigenvalue weighted by atomic mass is 16.5. The van der Waals surface area contributed by atoms with Crippen molar-refractivity contribution in [2.75, 3.05) is 19.7 Å². The van der Waals surface area contributed by atoms with E-state index >= 15 is 0 Å². The average molecular weight is 268 g/mol. The molecular weight excluding hydrogens is 240 g/mol. The fraction of sp³-hybridized carbons (Fsp3) is 0.933. The zero-order chi connectivity index (χ0) is 13.6. The predicted octanol–water partition coefficient (Wildman–Crippen LogP) is 1.98. The molecule has 2 rings (SSSR count). The van der Waals surface area contributed by atoms with Gasteiger partial charge in [-0.1, -0.05) is 19.8 Å². The molecule has 0 aromatic rings. The third-order valence-corrected chi connectivity index (χ3v) is 4.36. The third-order valence-electron chi connectivity index (χ3n) is 4.36. The van der Waals surface area contributed by atoms with Gasteiger partial charge in [0.05, 0.1) is 5.60 Å². The second kappa shape index (κ2) is 7.25. The molecule has 1 unspecified atom stereocenters. The molecule has 1 saturated carbocycles. The van der Waals surface area contributed by atoms with E-state index in [0.717, 1.165) is 39.0 Å². The van der Waals surface area contributed by atoms with Gasteiger partial charge in [0.15, 0.2) is 0 Å². The van der Waals surface area contributed by atoms with Crippen LogP contribution in [0.1, 0.15) is 58.3 Å². The number of carbonyl (C=O) groups excluding carboxylic acids is 1. The number of carbonyl (C=O) groups is 1. The van der Waals surface area contributed by atoms with Crippen molar-refractivity contribution in [1.82, 2.24) is 10.6 Å². The molecule has 2 fully saturated rings. The molecule has 1 amide bonds. The van der Waals surface area contributed by atoms with Crippen molar-refractivity contribution in [3.8, 4) is 0 Å². The molecule has 1 heterocycles. The molecule has 0 radical (unpaired) electrons. The highest BCUT2D eigenvalue weighted by molar-refractivity contribution is 5.75. The minimum absolute atomic E-state index is 0.164. The third kappa shape index (κ3) is 4.46.